The Morgan fingerprint density at radius 2 is 1.16 bits per heavy atom. The third-order valence-corrected chi connectivity index (χ3v) is 9.81. The number of esters is 2. The highest BCUT2D eigenvalue weighted by molar-refractivity contribution is 7.86. The number of benzene rings is 5. The Morgan fingerprint density at radius 1 is 0.641 bits per heavy atom. The fourth-order valence-corrected chi connectivity index (χ4v) is 5.80. The van der Waals surface area contributed by atoms with Crippen molar-refractivity contribution >= 4 is 32.2 Å². The van der Waals surface area contributed by atoms with Gasteiger partial charge < -0.3 is 9.47 Å². The lowest BCUT2D eigenvalue weighted by Gasteiger charge is -2.07. The van der Waals surface area contributed by atoms with E-state index in [1.165, 1.54) is 50.1 Å². The van der Waals surface area contributed by atoms with Crippen molar-refractivity contribution in [1.29, 1.82) is 0 Å². The highest BCUT2D eigenvalue weighted by atomic mass is 32.2. The van der Waals surface area contributed by atoms with Gasteiger partial charge in [-0.25, -0.2) is 19.4 Å². The molecule has 12 nitrogen and oxygen atoms in total. The number of carbonyl (C=O) groups is 2. The van der Waals surface area contributed by atoms with E-state index in [1.54, 1.807) is 6.07 Å². The topological polar surface area (TPSA) is 180 Å². The van der Waals surface area contributed by atoms with Gasteiger partial charge in [-0.2, -0.15) is 43.2 Å². The van der Waals surface area contributed by atoms with E-state index in [2.05, 4.69) is 11.0 Å². The average Bonchev–Trinajstić information content (AvgIpc) is 3.23. The quantitative estimate of drug-likeness (QED) is 0.0217. The number of halogens is 6. The van der Waals surface area contributed by atoms with Crippen LogP contribution < -0.4 is 0 Å². The van der Waals surface area contributed by atoms with E-state index in [0.717, 1.165) is 58.9 Å². The maximum atomic E-state index is 12.4. The second-order valence-corrected chi connectivity index (χ2v) is 16.2. The van der Waals surface area contributed by atoms with Gasteiger partial charge >= 0.3 is 33.7 Å². The lowest BCUT2D eigenvalue weighted by Crippen LogP contribution is -2.21. The Morgan fingerprint density at radius 3 is 1.67 bits per heavy atom. The number of carbonyl (C=O) groups excluding carboxylic acids is 2. The molecule has 64 heavy (non-hydrogen) atoms. The van der Waals surface area contributed by atoms with Crippen LogP contribution in [0.15, 0.2) is 126 Å². The molecule has 5 rings (SSSR count). The zero-order valence-corrected chi connectivity index (χ0v) is 36.5. The standard InChI is InChI=1S/C17H18O4.C15H13F3.C11H14O5S.CHF3O3S/c1-19-17(18)16-8-4-6-14(11-16)9-13-5-3-7-15(10-13)12-21-20-2;1-11-2-4-12(5-3-11)10-13-6-8-14(9-7-13)15(16,17)18;1-2-3-8-16-11(12)9-6-4-5-7-10(9)17(13,14)15;2-1(3,4)8(5,6)7/h3-8,10-11H,9,12H2,1-2H3;2-9H,10H2,1H3;4-7H,2-3,8H2,1H3,(H,13,14,15);(H,5,6,7). The van der Waals surface area contributed by atoms with E-state index in [0.29, 0.717) is 25.0 Å². The zero-order chi connectivity index (χ0) is 48.1. The molecule has 0 heterocycles. The van der Waals surface area contributed by atoms with Gasteiger partial charge in [0.05, 0.1) is 37.5 Å². The Bertz CT molecular complexity index is 2460. The van der Waals surface area contributed by atoms with Crippen LogP contribution in [0, 0.1) is 6.92 Å². The molecule has 0 aliphatic rings. The van der Waals surface area contributed by atoms with Crippen molar-refractivity contribution in [2.45, 2.75) is 62.7 Å². The molecule has 0 saturated heterocycles. The molecule has 0 aliphatic carbocycles. The van der Waals surface area contributed by atoms with Crippen LogP contribution in [-0.4, -0.2) is 64.2 Å². The van der Waals surface area contributed by atoms with E-state index in [1.807, 2.05) is 74.5 Å². The lowest BCUT2D eigenvalue weighted by atomic mass is 10.0. The number of ether oxygens (including phenoxy) is 2. The molecule has 0 unspecified atom stereocenters. The van der Waals surface area contributed by atoms with Gasteiger partial charge in [-0.3, -0.25) is 9.11 Å². The first kappa shape index (κ1) is 54.5. The second kappa shape index (κ2) is 25.6. The highest BCUT2D eigenvalue weighted by Gasteiger charge is 2.44. The Balaban J connectivity index is 0.000000306. The van der Waals surface area contributed by atoms with Crippen molar-refractivity contribution in [3.63, 3.8) is 0 Å². The number of alkyl halides is 6. The van der Waals surface area contributed by atoms with Crippen LogP contribution in [0.4, 0.5) is 26.3 Å². The summed E-state index contributed by atoms with van der Waals surface area (Å²) in [6, 6.07) is 34.2. The van der Waals surface area contributed by atoms with E-state index in [9.17, 15) is 44.3 Å². The summed E-state index contributed by atoms with van der Waals surface area (Å²) < 4.78 is 135. The zero-order valence-electron chi connectivity index (χ0n) is 34.9. The van der Waals surface area contributed by atoms with Gasteiger partial charge in [-0.05, 0) is 90.4 Å². The molecule has 0 amide bonds. The number of aryl methyl sites for hydroxylation is 1. The third kappa shape index (κ3) is 19.8. The van der Waals surface area contributed by atoms with Crippen molar-refractivity contribution < 1.29 is 81.1 Å². The second-order valence-electron chi connectivity index (χ2n) is 13.4. The van der Waals surface area contributed by atoms with E-state index < -0.39 is 48.3 Å². The maximum absolute atomic E-state index is 12.4. The van der Waals surface area contributed by atoms with Gasteiger partial charge in [0.15, 0.2) is 0 Å². The molecular weight excluding hydrogens is 899 g/mol. The molecule has 2 N–H and O–H groups in total. The van der Waals surface area contributed by atoms with Gasteiger partial charge in [-0.1, -0.05) is 104 Å². The molecule has 0 aromatic heterocycles. The van der Waals surface area contributed by atoms with E-state index in [4.69, 9.17) is 31.9 Å². The summed E-state index contributed by atoms with van der Waals surface area (Å²) in [5.41, 5.74) is 0.677. The first-order valence-electron chi connectivity index (χ1n) is 18.8. The fourth-order valence-electron chi connectivity index (χ4n) is 5.12. The summed E-state index contributed by atoms with van der Waals surface area (Å²) in [6.07, 6.45) is -1.29. The minimum atomic E-state index is -5.84. The molecule has 0 spiro atoms. The first-order valence-corrected chi connectivity index (χ1v) is 21.7. The molecule has 0 radical (unpaired) electrons. The van der Waals surface area contributed by atoms with Gasteiger partial charge in [0.25, 0.3) is 10.1 Å². The molecule has 5 aromatic rings. The van der Waals surface area contributed by atoms with Crippen molar-refractivity contribution in [3.8, 4) is 0 Å². The van der Waals surface area contributed by atoms with Crippen molar-refractivity contribution in [1.82, 2.24) is 0 Å². The smallest absolute Gasteiger partial charge is 0.465 e. The van der Waals surface area contributed by atoms with Crippen molar-refractivity contribution in [2.24, 2.45) is 0 Å². The summed E-state index contributed by atoms with van der Waals surface area (Å²) in [5, 5.41) is 0. The maximum Gasteiger partial charge on any atom is 0.522 e. The monoisotopic (exact) mass is 944 g/mol. The number of rotatable bonds is 13. The van der Waals surface area contributed by atoms with Crippen LogP contribution in [0.25, 0.3) is 0 Å². The SMILES string of the molecule is CCCCOC(=O)c1ccccc1S(=O)(=O)O.COOCc1cccc(Cc2cccc(C(=O)OC)c2)c1.Cc1ccc(Cc2ccc(C(F)(F)F)cc2)cc1.O=S(=O)(O)C(F)(F)F. The third-order valence-electron chi connectivity index (χ3n) is 8.31. The molecular formula is C44H46F6O12S2. The lowest BCUT2D eigenvalue weighted by molar-refractivity contribution is -0.282. The summed E-state index contributed by atoms with van der Waals surface area (Å²) in [7, 11) is -7.38. The van der Waals surface area contributed by atoms with Crippen LogP contribution in [0.1, 0.15) is 79.4 Å². The van der Waals surface area contributed by atoms with Gasteiger partial charge in [0, 0.05) is 0 Å². The minimum absolute atomic E-state index is 0.147. The molecule has 0 bridgehead atoms. The largest absolute Gasteiger partial charge is 0.522 e. The molecule has 0 atom stereocenters. The summed E-state index contributed by atoms with van der Waals surface area (Å²) >= 11 is 0. The van der Waals surface area contributed by atoms with E-state index in [-0.39, 0.29) is 18.1 Å². The molecule has 5 aromatic carbocycles. The molecule has 0 aliphatic heterocycles. The van der Waals surface area contributed by atoms with Gasteiger partial charge in [0.2, 0.25) is 0 Å². The van der Waals surface area contributed by atoms with Crippen LogP contribution in [-0.2, 0) is 65.1 Å². The van der Waals surface area contributed by atoms with Crippen LogP contribution in [0.3, 0.4) is 0 Å². The van der Waals surface area contributed by atoms with Crippen molar-refractivity contribution in [2.75, 3.05) is 20.8 Å². The van der Waals surface area contributed by atoms with Crippen LogP contribution in [0.5, 0.6) is 0 Å². The first-order chi connectivity index (χ1) is 29.9. The number of hydrogen-bond acceptors (Lipinski definition) is 10. The average molecular weight is 945 g/mol. The van der Waals surface area contributed by atoms with E-state index >= 15 is 0 Å². The molecule has 348 valence electrons. The summed E-state index contributed by atoms with van der Waals surface area (Å²) in [5.74, 6) is -1.06. The Labute approximate surface area is 367 Å². The summed E-state index contributed by atoms with van der Waals surface area (Å²) in [6.45, 7) is 4.59. The molecule has 20 heteroatoms. The van der Waals surface area contributed by atoms with Crippen LogP contribution in [0.2, 0.25) is 0 Å². The fraction of sp³-hybridized carbons (Fsp3) is 0.273. The summed E-state index contributed by atoms with van der Waals surface area (Å²) in [4.78, 5) is 32.2. The number of hydrogen-bond donors (Lipinski definition) is 2. The number of unbranched alkanes of at least 4 members (excludes halogenated alkanes) is 1. The minimum Gasteiger partial charge on any atom is -0.465 e. The van der Waals surface area contributed by atoms with Crippen LogP contribution >= 0.6 is 0 Å². The normalized spacial score (nSPS) is 11.4. The molecule has 0 fully saturated rings. The van der Waals surface area contributed by atoms with Gasteiger partial charge in [-0.15, -0.1) is 0 Å². The molecule has 0 saturated carbocycles. The van der Waals surface area contributed by atoms with Gasteiger partial charge in [0.1, 0.15) is 11.5 Å². The number of methoxy groups -OCH3 is 1. The Hall–Kier alpha value is -5.64. The predicted molar refractivity (Wildman–Crippen MR) is 223 cm³/mol. The predicted octanol–water partition coefficient (Wildman–Crippen LogP) is 10.0. The van der Waals surface area contributed by atoms with Crippen molar-refractivity contribution in [3.05, 3.63) is 171 Å². The Kier molecular flexibility index (Phi) is 21.8. The highest BCUT2D eigenvalue weighted by Crippen LogP contribution is 2.29.